The molecule has 0 fully saturated rings. The SMILES string of the molecule is CCCCCC(C(=O)c1ccc(C)cc1)C(=O)c1ccc(C)cc1. The molecule has 126 valence electrons. The average Bonchev–Trinajstić information content (AvgIpc) is 2.59. The minimum Gasteiger partial charge on any atom is -0.293 e. The van der Waals surface area contributed by atoms with Crippen LogP contribution in [0.4, 0.5) is 0 Å². The summed E-state index contributed by atoms with van der Waals surface area (Å²) in [4.78, 5) is 25.8. The van der Waals surface area contributed by atoms with Crippen LogP contribution in [0, 0.1) is 19.8 Å². The molecular formula is C22H26O2. The van der Waals surface area contributed by atoms with Crippen molar-refractivity contribution in [3.63, 3.8) is 0 Å². The minimum atomic E-state index is -0.582. The highest BCUT2D eigenvalue weighted by Crippen LogP contribution is 2.22. The molecule has 2 heteroatoms. The molecule has 0 bridgehead atoms. The third kappa shape index (κ3) is 4.64. The normalized spacial score (nSPS) is 10.8. The summed E-state index contributed by atoms with van der Waals surface area (Å²) < 4.78 is 0. The van der Waals surface area contributed by atoms with Gasteiger partial charge in [0.25, 0.3) is 0 Å². The van der Waals surface area contributed by atoms with Gasteiger partial charge in [0.1, 0.15) is 0 Å². The van der Waals surface area contributed by atoms with Gasteiger partial charge in [-0.3, -0.25) is 9.59 Å². The Kier molecular flexibility index (Phi) is 6.48. The molecule has 0 aliphatic heterocycles. The van der Waals surface area contributed by atoms with Gasteiger partial charge in [0.2, 0.25) is 0 Å². The monoisotopic (exact) mass is 322 g/mol. The Labute approximate surface area is 144 Å². The summed E-state index contributed by atoms with van der Waals surface area (Å²) in [6.45, 7) is 6.10. The van der Waals surface area contributed by atoms with Crippen molar-refractivity contribution >= 4 is 11.6 Å². The van der Waals surface area contributed by atoms with Crippen molar-refractivity contribution in [2.24, 2.45) is 5.92 Å². The average molecular weight is 322 g/mol. The molecule has 0 aromatic heterocycles. The first kappa shape index (κ1) is 18.1. The summed E-state index contributed by atoms with van der Waals surface area (Å²) in [6, 6.07) is 15.0. The first-order valence-electron chi connectivity index (χ1n) is 8.74. The number of Topliss-reactive ketones (excluding diaryl/α,β-unsaturated/α-hetero) is 2. The lowest BCUT2D eigenvalue weighted by Gasteiger charge is -2.15. The number of aryl methyl sites for hydroxylation is 2. The molecule has 0 aliphatic rings. The zero-order valence-electron chi connectivity index (χ0n) is 14.8. The molecular weight excluding hydrogens is 296 g/mol. The fourth-order valence-electron chi connectivity index (χ4n) is 2.82. The third-order valence-corrected chi connectivity index (χ3v) is 4.40. The highest BCUT2D eigenvalue weighted by molar-refractivity contribution is 6.16. The van der Waals surface area contributed by atoms with E-state index in [1.807, 2.05) is 62.4 Å². The molecule has 0 unspecified atom stereocenters. The summed E-state index contributed by atoms with van der Waals surface area (Å²) in [5, 5.41) is 0. The van der Waals surface area contributed by atoms with Crippen molar-refractivity contribution in [1.29, 1.82) is 0 Å². The zero-order chi connectivity index (χ0) is 17.5. The van der Waals surface area contributed by atoms with E-state index in [-0.39, 0.29) is 11.6 Å². The molecule has 0 atom stereocenters. The fourth-order valence-corrected chi connectivity index (χ4v) is 2.82. The molecule has 0 spiro atoms. The van der Waals surface area contributed by atoms with Gasteiger partial charge in [-0.2, -0.15) is 0 Å². The Hall–Kier alpha value is -2.22. The molecule has 0 N–H and O–H groups in total. The number of benzene rings is 2. The van der Waals surface area contributed by atoms with Crippen molar-refractivity contribution in [1.82, 2.24) is 0 Å². The largest absolute Gasteiger partial charge is 0.293 e. The van der Waals surface area contributed by atoms with Crippen LogP contribution in [0.3, 0.4) is 0 Å². The van der Waals surface area contributed by atoms with Gasteiger partial charge < -0.3 is 0 Å². The van der Waals surface area contributed by atoms with Crippen LogP contribution >= 0.6 is 0 Å². The second-order valence-electron chi connectivity index (χ2n) is 6.51. The summed E-state index contributed by atoms with van der Waals surface area (Å²) in [5.74, 6) is -0.699. The van der Waals surface area contributed by atoms with E-state index in [0.717, 1.165) is 30.4 Å². The van der Waals surface area contributed by atoms with E-state index in [9.17, 15) is 9.59 Å². The van der Waals surface area contributed by atoms with Crippen LogP contribution in [0.15, 0.2) is 48.5 Å². The van der Waals surface area contributed by atoms with Crippen LogP contribution in [0.1, 0.15) is 64.4 Å². The molecule has 2 nitrogen and oxygen atoms in total. The Bertz CT molecular complexity index is 623. The molecule has 0 aliphatic carbocycles. The van der Waals surface area contributed by atoms with Gasteiger partial charge in [0.05, 0.1) is 5.92 Å². The van der Waals surface area contributed by atoms with Crippen LogP contribution in [0.5, 0.6) is 0 Å². The Morgan fingerprint density at radius 3 is 1.54 bits per heavy atom. The summed E-state index contributed by atoms with van der Waals surface area (Å²) in [7, 11) is 0. The molecule has 0 saturated heterocycles. The molecule has 0 amide bonds. The van der Waals surface area contributed by atoms with E-state index in [4.69, 9.17) is 0 Å². The topological polar surface area (TPSA) is 34.1 Å². The van der Waals surface area contributed by atoms with Crippen LogP contribution in [-0.4, -0.2) is 11.6 Å². The van der Waals surface area contributed by atoms with Crippen LogP contribution in [0.25, 0.3) is 0 Å². The highest BCUT2D eigenvalue weighted by Gasteiger charge is 2.27. The van der Waals surface area contributed by atoms with E-state index in [0.29, 0.717) is 17.5 Å². The number of rotatable bonds is 8. The zero-order valence-corrected chi connectivity index (χ0v) is 14.8. The van der Waals surface area contributed by atoms with Crippen LogP contribution in [0.2, 0.25) is 0 Å². The fraction of sp³-hybridized carbons (Fsp3) is 0.364. The third-order valence-electron chi connectivity index (χ3n) is 4.40. The minimum absolute atomic E-state index is 0.0586. The van der Waals surface area contributed by atoms with Gasteiger partial charge in [-0.15, -0.1) is 0 Å². The van der Waals surface area contributed by atoms with Crippen molar-refractivity contribution in [3.8, 4) is 0 Å². The predicted molar refractivity (Wildman–Crippen MR) is 98.7 cm³/mol. The second-order valence-corrected chi connectivity index (χ2v) is 6.51. The first-order valence-corrected chi connectivity index (χ1v) is 8.74. The van der Waals surface area contributed by atoms with Crippen LogP contribution < -0.4 is 0 Å². The maximum atomic E-state index is 12.9. The lowest BCUT2D eigenvalue weighted by Crippen LogP contribution is -2.24. The van der Waals surface area contributed by atoms with Crippen molar-refractivity contribution in [2.75, 3.05) is 0 Å². The molecule has 2 aromatic carbocycles. The molecule has 2 aromatic rings. The standard InChI is InChI=1S/C22H26O2/c1-4-5-6-7-20(21(23)18-12-8-16(2)9-13-18)22(24)19-14-10-17(3)11-15-19/h8-15,20H,4-7H2,1-3H3. The Morgan fingerprint density at radius 2 is 1.17 bits per heavy atom. The van der Waals surface area contributed by atoms with Gasteiger partial charge >= 0.3 is 0 Å². The van der Waals surface area contributed by atoms with E-state index >= 15 is 0 Å². The number of hydrogen-bond donors (Lipinski definition) is 0. The van der Waals surface area contributed by atoms with Gasteiger partial charge in [-0.1, -0.05) is 85.8 Å². The van der Waals surface area contributed by atoms with Gasteiger partial charge in [-0.25, -0.2) is 0 Å². The van der Waals surface area contributed by atoms with Crippen molar-refractivity contribution in [2.45, 2.75) is 46.5 Å². The van der Waals surface area contributed by atoms with Crippen molar-refractivity contribution < 1.29 is 9.59 Å². The first-order chi connectivity index (χ1) is 11.5. The summed E-state index contributed by atoms with van der Waals surface area (Å²) >= 11 is 0. The van der Waals surface area contributed by atoms with E-state index in [1.165, 1.54) is 0 Å². The van der Waals surface area contributed by atoms with E-state index < -0.39 is 5.92 Å². The van der Waals surface area contributed by atoms with Crippen LogP contribution in [-0.2, 0) is 0 Å². The van der Waals surface area contributed by atoms with Gasteiger partial charge in [-0.05, 0) is 20.3 Å². The maximum absolute atomic E-state index is 12.9. The summed E-state index contributed by atoms with van der Waals surface area (Å²) in [5.41, 5.74) is 3.48. The number of hydrogen-bond acceptors (Lipinski definition) is 2. The summed E-state index contributed by atoms with van der Waals surface area (Å²) in [6.07, 6.45) is 3.63. The smallest absolute Gasteiger partial charge is 0.173 e. The molecule has 0 heterocycles. The molecule has 2 rings (SSSR count). The van der Waals surface area contributed by atoms with Gasteiger partial charge in [0.15, 0.2) is 11.6 Å². The number of ketones is 2. The number of carbonyl (C=O) groups excluding carboxylic acids is 2. The Morgan fingerprint density at radius 1 is 0.750 bits per heavy atom. The van der Waals surface area contributed by atoms with Gasteiger partial charge in [0, 0.05) is 11.1 Å². The molecule has 24 heavy (non-hydrogen) atoms. The Balaban J connectivity index is 2.25. The van der Waals surface area contributed by atoms with Crippen molar-refractivity contribution in [3.05, 3.63) is 70.8 Å². The van der Waals surface area contributed by atoms with E-state index in [1.54, 1.807) is 0 Å². The molecule has 0 saturated carbocycles. The lowest BCUT2D eigenvalue weighted by molar-refractivity contribution is 0.0797. The van der Waals surface area contributed by atoms with E-state index in [2.05, 4.69) is 6.92 Å². The lowest BCUT2D eigenvalue weighted by atomic mass is 9.85. The quantitative estimate of drug-likeness (QED) is 0.362. The second kappa shape index (κ2) is 8.58. The number of carbonyl (C=O) groups is 2. The predicted octanol–water partition coefficient (Wildman–Crippen LogP) is 5.57. The highest BCUT2D eigenvalue weighted by atomic mass is 16.2. The maximum Gasteiger partial charge on any atom is 0.173 e. The number of unbranched alkanes of at least 4 members (excludes halogenated alkanes) is 2. The molecule has 0 radical (unpaired) electrons.